The first-order chi connectivity index (χ1) is 12.3. The van der Waals surface area contributed by atoms with Crippen LogP contribution >= 0.6 is 15.9 Å². The number of hydrazone groups is 1. The number of nitrogens with one attached hydrogen (secondary N) is 1. The predicted octanol–water partition coefficient (Wildman–Crippen LogP) is 2.37. The van der Waals surface area contributed by atoms with Crippen LogP contribution in [0.2, 0.25) is 0 Å². The van der Waals surface area contributed by atoms with Crippen LogP contribution in [0.5, 0.6) is 5.75 Å². The van der Waals surface area contributed by atoms with Crippen LogP contribution in [0, 0.1) is 0 Å². The van der Waals surface area contributed by atoms with Crippen molar-refractivity contribution in [1.29, 1.82) is 0 Å². The Morgan fingerprint density at radius 2 is 1.88 bits per heavy atom. The predicted molar refractivity (Wildman–Crippen MR) is 105 cm³/mol. The van der Waals surface area contributed by atoms with E-state index in [2.05, 4.69) is 26.5 Å². The van der Waals surface area contributed by atoms with Crippen molar-refractivity contribution in [3.63, 3.8) is 0 Å². The second-order valence-electron chi connectivity index (χ2n) is 5.28. The number of ether oxygens (including phenoxy) is 1. The number of rotatable bonds is 7. The van der Waals surface area contributed by atoms with Crippen LogP contribution in [0.15, 0.2) is 58.1 Å². The second kappa shape index (κ2) is 8.81. The topological polar surface area (TPSA) is 88.1 Å². The molecule has 9 heteroatoms. The maximum atomic E-state index is 12.1. The molecule has 0 heterocycles. The average molecular weight is 440 g/mol. The number of carbonyl (C=O) groups is 1. The molecule has 1 N–H and O–H groups in total. The number of hydrogen-bond donors (Lipinski definition) is 1. The Labute approximate surface area is 160 Å². The van der Waals surface area contributed by atoms with Gasteiger partial charge in [0, 0.05) is 10.0 Å². The normalized spacial score (nSPS) is 11.3. The fraction of sp³-hybridized carbons (Fsp3) is 0.176. The van der Waals surface area contributed by atoms with Crippen LogP contribution < -0.4 is 14.5 Å². The van der Waals surface area contributed by atoms with E-state index in [-0.39, 0.29) is 0 Å². The molecule has 0 unspecified atom stereocenters. The summed E-state index contributed by atoms with van der Waals surface area (Å²) < 4.78 is 30.9. The maximum absolute atomic E-state index is 12.1. The average Bonchev–Trinajstić information content (AvgIpc) is 2.60. The monoisotopic (exact) mass is 439 g/mol. The number of benzene rings is 2. The van der Waals surface area contributed by atoms with Gasteiger partial charge >= 0.3 is 0 Å². The lowest BCUT2D eigenvalue weighted by Gasteiger charge is -2.21. The molecule has 0 spiro atoms. The minimum absolute atomic E-state index is 0.359. The van der Waals surface area contributed by atoms with Gasteiger partial charge in [0.25, 0.3) is 5.91 Å². The zero-order valence-corrected chi connectivity index (χ0v) is 16.6. The van der Waals surface area contributed by atoms with E-state index in [0.29, 0.717) is 11.4 Å². The molecule has 26 heavy (non-hydrogen) atoms. The van der Waals surface area contributed by atoms with Crippen LogP contribution in [-0.4, -0.2) is 40.4 Å². The van der Waals surface area contributed by atoms with Gasteiger partial charge in [0.15, 0.2) is 0 Å². The highest BCUT2D eigenvalue weighted by molar-refractivity contribution is 9.10. The van der Waals surface area contributed by atoms with Crippen molar-refractivity contribution < 1.29 is 17.9 Å². The third-order valence-corrected chi connectivity index (χ3v) is 5.21. The summed E-state index contributed by atoms with van der Waals surface area (Å²) in [4.78, 5) is 12.1. The molecule has 0 aliphatic rings. The van der Waals surface area contributed by atoms with Crippen LogP contribution in [0.3, 0.4) is 0 Å². The highest BCUT2D eigenvalue weighted by atomic mass is 79.9. The number of carbonyl (C=O) groups excluding carboxylic acids is 1. The molecule has 0 aliphatic carbocycles. The van der Waals surface area contributed by atoms with Gasteiger partial charge in [-0.15, -0.1) is 0 Å². The number of sulfonamides is 1. The fourth-order valence-corrected chi connectivity index (χ4v) is 3.31. The van der Waals surface area contributed by atoms with Gasteiger partial charge in [0.1, 0.15) is 12.3 Å². The van der Waals surface area contributed by atoms with E-state index in [0.717, 1.165) is 20.6 Å². The Morgan fingerprint density at radius 3 is 2.46 bits per heavy atom. The van der Waals surface area contributed by atoms with Crippen molar-refractivity contribution in [1.82, 2.24) is 5.43 Å². The smallest absolute Gasteiger partial charge is 0.260 e. The fourth-order valence-electron chi connectivity index (χ4n) is 2.07. The molecule has 0 aromatic heterocycles. The van der Waals surface area contributed by atoms with Gasteiger partial charge in [-0.3, -0.25) is 9.10 Å². The van der Waals surface area contributed by atoms with Crippen molar-refractivity contribution in [3.05, 3.63) is 58.6 Å². The number of amides is 1. The van der Waals surface area contributed by atoms with E-state index >= 15 is 0 Å². The second-order valence-corrected chi connectivity index (χ2v) is 8.04. The molecule has 0 fully saturated rings. The van der Waals surface area contributed by atoms with Crippen LogP contribution in [0.25, 0.3) is 0 Å². The highest BCUT2D eigenvalue weighted by Gasteiger charge is 2.20. The third kappa shape index (κ3) is 5.57. The maximum Gasteiger partial charge on any atom is 0.260 e. The van der Waals surface area contributed by atoms with Gasteiger partial charge in [-0.1, -0.05) is 34.1 Å². The summed E-state index contributed by atoms with van der Waals surface area (Å²) in [5, 5.41) is 3.86. The number of anilines is 1. The summed E-state index contributed by atoms with van der Waals surface area (Å²) in [5.74, 6) is 0.0271. The van der Waals surface area contributed by atoms with Crippen molar-refractivity contribution in [2.24, 2.45) is 5.10 Å². The van der Waals surface area contributed by atoms with E-state index in [9.17, 15) is 13.2 Å². The van der Waals surface area contributed by atoms with Gasteiger partial charge in [-0.25, -0.2) is 13.8 Å². The molecular formula is C17H18BrN3O4S. The lowest BCUT2D eigenvalue weighted by Crippen LogP contribution is -2.39. The highest BCUT2D eigenvalue weighted by Crippen LogP contribution is 2.21. The van der Waals surface area contributed by atoms with Crippen LogP contribution in [-0.2, 0) is 14.8 Å². The molecule has 0 bridgehead atoms. The molecule has 138 valence electrons. The van der Waals surface area contributed by atoms with Crippen LogP contribution in [0.4, 0.5) is 5.69 Å². The molecule has 0 radical (unpaired) electrons. The molecule has 1 amide bonds. The molecule has 0 saturated heterocycles. The molecule has 2 aromatic carbocycles. The van der Waals surface area contributed by atoms with Gasteiger partial charge in [-0.05, 0) is 30.3 Å². The summed E-state index contributed by atoms with van der Waals surface area (Å²) in [6, 6.07) is 13.7. The SMILES string of the molecule is COc1ccc(N(CC(=O)N/N=C\c2ccccc2Br)S(C)(=O)=O)cc1. The van der Waals surface area contributed by atoms with E-state index < -0.39 is 22.5 Å². The Morgan fingerprint density at radius 1 is 1.23 bits per heavy atom. The first-order valence-electron chi connectivity index (χ1n) is 7.49. The van der Waals surface area contributed by atoms with Crippen molar-refractivity contribution in [3.8, 4) is 5.75 Å². The Kier molecular flexibility index (Phi) is 6.76. The number of methoxy groups -OCH3 is 1. The summed E-state index contributed by atoms with van der Waals surface area (Å²) in [5.41, 5.74) is 3.47. The first-order valence-corrected chi connectivity index (χ1v) is 10.1. The number of halogens is 1. The zero-order chi connectivity index (χ0) is 19.2. The molecule has 7 nitrogen and oxygen atoms in total. The Bertz CT molecular complexity index is 898. The van der Waals surface area contributed by atoms with Crippen LogP contribution in [0.1, 0.15) is 5.56 Å². The summed E-state index contributed by atoms with van der Waals surface area (Å²) in [6.07, 6.45) is 2.51. The molecule has 0 atom stereocenters. The summed E-state index contributed by atoms with van der Waals surface area (Å²) >= 11 is 3.37. The Hall–Kier alpha value is -2.39. The number of nitrogens with zero attached hydrogens (tertiary/aromatic N) is 2. The summed E-state index contributed by atoms with van der Waals surface area (Å²) in [7, 11) is -2.13. The third-order valence-electron chi connectivity index (χ3n) is 3.35. The molecule has 2 rings (SSSR count). The van der Waals surface area contributed by atoms with E-state index in [1.807, 2.05) is 24.3 Å². The lowest BCUT2D eigenvalue weighted by molar-refractivity contribution is -0.119. The van der Waals surface area contributed by atoms with Gasteiger partial charge in [0.2, 0.25) is 10.0 Å². The molecule has 2 aromatic rings. The van der Waals surface area contributed by atoms with Gasteiger partial charge < -0.3 is 4.74 Å². The zero-order valence-electron chi connectivity index (χ0n) is 14.2. The van der Waals surface area contributed by atoms with Crippen molar-refractivity contribution in [2.45, 2.75) is 0 Å². The van der Waals surface area contributed by atoms with E-state index in [1.54, 1.807) is 24.3 Å². The molecule has 0 saturated carbocycles. The standard InChI is InChI=1S/C17H18BrN3O4S/c1-25-15-9-7-14(8-10-15)21(26(2,23)24)12-17(22)20-19-11-13-5-3-4-6-16(13)18/h3-11H,12H2,1-2H3,(H,20,22)/b19-11-. The van der Waals surface area contributed by atoms with E-state index in [4.69, 9.17) is 4.74 Å². The minimum atomic E-state index is -3.64. The molecular weight excluding hydrogens is 422 g/mol. The minimum Gasteiger partial charge on any atom is -0.497 e. The lowest BCUT2D eigenvalue weighted by atomic mass is 10.2. The quantitative estimate of drug-likeness (QED) is 0.529. The van der Waals surface area contributed by atoms with Crippen molar-refractivity contribution in [2.75, 3.05) is 24.2 Å². The summed E-state index contributed by atoms with van der Waals surface area (Å²) in [6.45, 7) is -0.390. The first kappa shape index (κ1) is 19.9. The van der Waals surface area contributed by atoms with Gasteiger partial charge in [0.05, 0.1) is 25.3 Å². The molecule has 0 aliphatic heterocycles. The number of hydrogen-bond acceptors (Lipinski definition) is 5. The van der Waals surface area contributed by atoms with Crippen molar-refractivity contribution >= 4 is 43.8 Å². The Balaban J connectivity index is 2.08. The largest absolute Gasteiger partial charge is 0.497 e. The van der Waals surface area contributed by atoms with E-state index in [1.165, 1.54) is 13.3 Å². The van der Waals surface area contributed by atoms with Gasteiger partial charge in [-0.2, -0.15) is 5.10 Å².